The highest BCUT2D eigenvalue weighted by Crippen LogP contribution is 2.16. The van der Waals surface area contributed by atoms with Crippen LogP contribution in [-0.4, -0.2) is 243 Å². The van der Waals surface area contributed by atoms with Crippen LogP contribution in [0, 0.1) is 17.8 Å². The van der Waals surface area contributed by atoms with E-state index in [1.54, 1.807) is 71.9 Å². The Kier molecular flexibility index (Phi) is 42.1. The van der Waals surface area contributed by atoms with Gasteiger partial charge in [-0.25, -0.2) is 4.79 Å². The molecule has 13 amide bonds. The zero-order valence-electron chi connectivity index (χ0n) is 60.6. The minimum atomic E-state index is -1.80. The van der Waals surface area contributed by atoms with E-state index in [1.165, 1.54) is 31.2 Å². The molecule has 15 atom stereocenters. The molecule has 588 valence electrons. The second kappa shape index (κ2) is 48.1. The molecule has 25 N–H and O–H groups in total. The van der Waals surface area contributed by atoms with Crippen LogP contribution < -0.4 is 86.3 Å². The van der Waals surface area contributed by atoms with Gasteiger partial charge in [-0.1, -0.05) is 90.4 Å². The van der Waals surface area contributed by atoms with Gasteiger partial charge in [-0.15, -0.1) is 0 Å². The molecule has 0 bridgehead atoms. The maximum absolute atomic E-state index is 14.4. The molecule has 2 aromatic carbocycles. The molecular formula is C68H110N16O20S. The van der Waals surface area contributed by atoms with Gasteiger partial charge in [-0.05, 0) is 113 Å². The third kappa shape index (κ3) is 32.8. The summed E-state index contributed by atoms with van der Waals surface area (Å²) in [6.07, 6.45) is -0.0978. The lowest BCUT2D eigenvalue weighted by Crippen LogP contribution is -2.62. The number of carboxylic acids is 1. The van der Waals surface area contributed by atoms with Crippen LogP contribution >= 0.6 is 12.6 Å². The number of phenols is 1. The number of benzene rings is 2. The molecule has 37 heteroatoms. The van der Waals surface area contributed by atoms with E-state index in [1.807, 2.05) is 5.32 Å². The van der Waals surface area contributed by atoms with Gasteiger partial charge in [0.1, 0.15) is 78.3 Å². The second-order valence-electron chi connectivity index (χ2n) is 26.3. The number of thiol groups is 1. The molecule has 0 aliphatic carbocycles. The van der Waals surface area contributed by atoms with Gasteiger partial charge < -0.3 is 117 Å². The highest BCUT2D eigenvalue weighted by molar-refractivity contribution is 7.80. The predicted octanol–water partition coefficient (Wildman–Crippen LogP) is -6.16. The number of amides is 13. The summed E-state index contributed by atoms with van der Waals surface area (Å²) in [4.78, 5) is 190. The molecule has 0 saturated heterocycles. The largest absolute Gasteiger partial charge is 0.508 e. The average molecular weight is 1500 g/mol. The summed E-state index contributed by atoms with van der Waals surface area (Å²) in [6.45, 7) is 9.20. The monoisotopic (exact) mass is 1500 g/mol. The summed E-state index contributed by atoms with van der Waals surface area (Å²) in [5.74, 6) is -15.7. The minimum absolute atomic E-state index is 0.0525. The first-order valence-electron chi connectivity index (χ1n) is 34.8. The molecule has 2 rings (SSSR count). The van der Waals surface area contributed by atoms with E-state index in [9.17, 15) is 97.8 Å². The van der Waals surface area contributed by atoms with Crippen molar-refractivity contribution in [2.45, 2.75) is 204 Å². The number of aliphatic hydroxyl groups is 4. The van der Waals surface area contributed by atoms with Crippen LogP contribution in [0.25, 0.3) is 0 Å². The van der Waals surface area contributed by atoms with Gasteiger partial charge in [0, 0.05) is 18.6 Å². The Balaban J connectivity index is 2.28. The first-order chi connectivity index (χ1) is 49.6. The average Bonchev–Trinajstić information content (AvgIpc) is 0.840. The maximum atomic E-state index is 14.4. The number of carboxylic acid groups (broad SMARTS) is 1. The van der Waals surface area contributed by atoms with E-state index in [4.69, 9.17) is 17.2 Å². The molecule has 0 radical (unpaired) electrons. The Hall–Kier alpha value is -9.11. The Morgan fingerprint density at radius 2 is 0.857 bits per heavy atom. The van der Waals surface area contributed by atoms with Gasteiger partial charge >= 0.3 is 5.97 Å². The van der Waals surface area contributed by atoms with Crippen molar-refractivity contribution in [1.29, 1.82) is 0 Å². The van der Waals surface area contributed by atoms with Crippen molar-refractivity contribution in [2.75, 3.05) is 45.2 Å². The van der Waals surface area contributed by atoms with E-state index in [-0.39, 0.29) is 74.8 Å². The van der Waals surface area contributed by atoms with Crippen molar-refractivity contribution in [3.05, 3.63) is 65.7 Å². The van der Waals surface area contributed by atoms with Crippen LogP contribution in [0.15, 0.2) is 54.6 Å². The lowest BCUT2D eigenvalue weighted by Gasteiger charge is -2.29. The highest BCUT2D eigenvalue weighted by atomic mass is 32.1. The fourth-order valence-corrected chi connectivity index (χ4v) is 10.4. The number of nitrogens with one attached hydrogen (secondary N) is 13. The van der Waals surface area contributed by atoms with E-state index in [2.05, 4.69) is 76.4 Å². The zero-order chi connectivity index (χ0) is 79.2. The van der Waals surface area contributed by atoms with Crippen molar-refractivity contribution in [1.82, 2.24) is 69.1 Å². The van der Waals surface area contributed by atoms with E-state index in [0.29, 0.717) is 36.9 Å². The summed E-state index contributed by atoms with van der Waals surface area (Å²) >= 11 is 4.21. The number of carbonyl (C=O) groups is 14. The lowest BCUT2D eigenvalue weighted by molar-refractivity contribution is -0.144. The predicted molar refractivity (Wildman–Crippen MR) is 386 cm³/mol. The molecule has 0 heterocycles. The number of hydrogen-bond acceptors (Lipinski definition) is 23. The smallest absolute Gasteiger partial charge is 0.328 e. The van der Waals surface area contributed by atoms with Crippen molar-refractivity contribution in [2.24, 2.45) is 35.0 Å². The van der Waals surface area contributed by atoms with Gasteiger partial charge in [-0.2, -0.15) is 12.6 Å². The quantitative estimate of drug-likeness (QED) is 0.0216. The van der Waals surface area contributed by atoms with Crippen LogP contribution in [0.4, 0.5) is 0 Å². The molecule has 0 aliphatic heterocycles. The molecule has 2 aromatic rings. The second-order valence-corrected chi connectivity index (χ2v) is 26.6. The lowest BCUT2D eigenvalue weighted by atomic mass is 9.96. The molecular weight excluding hydrogens is 1390 g/mol. The number of rotatable bonds is 49. The van der Waals surface area contributed by atoms with Crippen molar-refractivity contribution in [3.8, 4) is 5.75 Å². The van der Waals surface area contributed by atoms with Crippen molar-refractivity contribution in [3.63, 3.8) is 0 Å². The summed E-state index contributed by atoms with van der Waals surface area (Å²) in [6, 6.07) is -5.51. The molecule has 0 aromatic heterocycles. The number of carbonyl (C=O) groups excluding carboxylic acids is 13. The Morgan fingerprint density at radius 3 is 1.35 bits per heavy atom. The molecule has 0 spiro atoms. The van der Waals surface area contributed by atoms with E-state index in [0.717, 1.165) is 6.92 Å². The minimum Gasteiger partial charge on any atom is -0.508 e. The Labute approximate surface area is 615 Å². The van der Waals surface area contributed by atoms with Crippen molar-refractivity contribution < 1.29 is 97.8 Å². The van der Waals surface area contributed by atoms with Crippen LogP contribution in [0.5, 0.6) is 5.75 Å². The van der Waals surface area contributed by atoms with Crippen LogP contribution in [-0.2, 0) is 80.0 Å². The Bertz CT molecular complexity index is 3170. The third-order valence-electron chi connectivity index (χ3n) is 16.7. The zero-order valence-corrected chi connectivity index (χ0v) is 61.5. The van der Waals surface area contributed by atoms with Gasteiger partial charge in [-0.3, -0.25) is 62.3 Å². The topological polar surface area (TPSA) is 595 Å². The van der Waals surface area contributed by atoms with Crippen LogP contribution in [0.3, 0.4) is 0 Å². The third-order valence-corrected chi connectivity index (χ3v) is 17.1. The summed E-state index contributed by atoms with van der Waals surface area (Å²) in [7, 11) is 0. The van der Waals surface area contributed by atoms with Crippen LogP contribution in [0.1, 0.15) is 118 Å². The molecule has 105 heavy (non-hydrogen) atoms. The molecule has 0 fully saturated rings. The SMILES string of the molecule is CC[C@H](C)[C@H](NC(=O)[C@H](Cc1ccc(O)cc1)NC(=O)CNC(=O)[C@H](CO)NC(=O)[C@H](C)NC(=O)[C@H](CCCCN)NC(=O)[C@H](CS)NC(=O)[C@H](CO)NC(=O)[C@H](CC(C)C)NC(=O)[C@H](CCCCN)NC(=O)[C@@H](N)C(C)C)C(=O)N[C@@H](Cc1ccccc1)C(=O)N[C@H](C(=O)N[C@@H](CO)C(=O)O)[C@@H](C)O. The fraction of sp³-hybridized carbons (Fsp3) is 0.618. The number of aliphatic carboxylic acids is 1. The van der Waals surface area contributed by atoms with Gasteiger partial charge in [0.2, 0.25) is 76.8 Å². The summed E-state index contributed by atoms with van der Waals surface area (Å²) < 4.78 is 0. The first kappa shape index (κ1) is 92.0. The van der Waals surface area contributed by atoms with Gasteiger partial charge in [0.05, 0.1) is 38.5 Å². The molecule has 36 nitrogen and oxygen atoms in total. The normalized spacial score (nSPS) is 15.5. The summed E-state index contributed by atoms with van der Waals surface area (Å²) in [5, 5.41) is 91.6. The fourth-order valence-electron chi connectivity index (χ4n) is 10.1. The van der Waals surface area contributed by atoms with E-state index < -0.39 is 200 Å². The number of aliphatic hydroxyl groups excluding tert-OH is 4. The molecule has 0 unspecified atom stereocenters. The van der Waals surface area contributed by atoms with Gasteiger partial charge in [0.25, 0.3) is 0 Å². The van der Waals surface area contributed by atoms with Crippen LogP contribution in [0.2, 0.25) is 0 Å². The standard InChI is InChI=1S/C68H110N16O20S/c1-9-37(6)54(66(101)78-47(28-40-17-11-10-12-18-40)62(97)84-55(39(8)88)67(102)81-50(33-87)68(103)104)83-61(96)46(29-41-21-23-42(89)24-22-41)74-52(90)30-72-57(92)48(31-85)79-56(91)38(7)73-58(93)43(19-13-15-25-69)75-64(99)51(34-105)82-63(98)49(32-86)80-60(95)45(27-35(2)3)77-59(94)44(20-14-16-26-70)76-65(100)53(71)36(4)5/h10-12,17-18,21-24,35-39,43-51,53-55,85-89,105H,9,13-16,19-20,25-34,69-71H2,1-8H3,(H,72,92)(H,73,93)(H,74,90)(H,75,99)(H,76,100)(H,77,94)(H,78,101)(H,79,91)(H,80,95)(H,81,102)(H,82,98)(H,83,96)(H,84,97)(H,103,104)/t37-,38-,39+,43-,44-,45-,46-,47-,48-,49-,50-,51-,53-,54-,55-/m0/s1. The number of unbranched alkanes of at least 4 members (excludes halogenated alkanes) is 2. The molecule has 0 aliphatic rings. The van der Waals surface area contributed by atoms with Gasteiger partial charge in [0.15, 0.2) is 0 Å². The van der Waals surface area contributed by atoms with Crippen molar-refractivity contribution >= 4 is 95.4 Å². The first-order valence-corrected chi connectivity index (χ1v) is 35.5. The number of phenolic OH excluding ortho intramolecular Hbond substituents is 1. The maximum Gasteiger partial charge on any atom is 0.328 e. The number of nitrogens with two attached hydrogens (primary N) is 3. The highest BCUT2D eigenvalue weighted by Gasteiger charge is 2.38. The Morgan fingerprint density at radius 1 is 0.448 bits per heavy atom. The summed E-state index contributed by atoms with van der Waals surface area (Å²) in [5.41, 5.74) is 18.3. The number of hydrogen-bond donors (Lipinski definition) is 23. The number of aromatic hydroxyl groups is 1. The molecule has 0 saturated carbocycles. The van der Waals surface area contributed by atoms with E-state index >= 15 is 0 Å².